The van der Waals surface area contributed by atoms with Crippen molar-refractivity contribution in [3.63, 3.8) is 0 Å². The first kappa shape index (κ1) is 13.4. The first-order valence-corrected chi connectivity index (χ1v) is 6.14. The SMILES string of the molecule is CC(C)c1nc(Cl)nc(-c2cccc(F)c2)c1C#N. The number of rotatable bonds is 2. The molecule has 0 unspecified atom stereocenters. The van der Waals surface area contributed by atoms with Crippen LogP contribution in [0, 0.1) is 17.1 Å². The lowest BCUT2D eigenvalue weighted by Gasteiger charge is -2.11. The molecule has 19 heavy (non-hydrogen) atoms. The number of halogens is 2. The minimum absolute atomic E-state index is 0.0301. The summed E-state index contributed by atoms with van der Waals surface area (Å²) in [4.78, 5) is 8.15. The predicted molar refractivity (Wildman–Crippen MR) is 71.2 cm³/mol. The van der Waals surface area contributed by atoms with Gasteiger partial charge in [-0.3, -0.25) is 0 Å². The van der Waals surface area contributed by atoms with E-state index in [-0.39, 0.29) is 17.0 Å². The van der Waals surface area contributed by atoms with E-state index in [9.17, 15) is 9.65 Å². The van der Waals surface area contributed by atoms with Gasteiger partial charge in [0.1, 0.15) is 17.4 Å². The number of hydrogen-bond acceptors (Lipinski definition) is 3. The van der Waals surface area contributed by atoms with Gasteiger partial charge in [0.15, 0.2) is 0 Å². The van der Waals surface area contributed by atoms with Crippen LogP contribution in [0.5, 0.6) is 0 Å². The molecule has 0 saturated carbocycles. The van der Waals surface area contributed by atoms with Gasteiger partial charge >= 0.3 is 0 Å². The lowest BCUT2D eigenvalue weighted by molar-refractivity contribution is 0.628. The summed E-state index contributed by atoms with van der Waals surface area (Å²) in [5.41, 5.74) is 1.79. The molecule has 2 aromatic rings. The molecule has 0 radical (unpaired) electrons. The maximum absolute atomic E-state index is 13.3. The van der Waals surface area contributed by atoms with Crippen molar-refractivity contribution >= 4 is 11.6 Å². The van der Waals surface area contributed by atoms with Gasteiger partial charge < -0.3 is 0 Å². The van der Waals surface area contributed by atoms with E-state index in [4.69, 9.17) is 11.6 Å². The smallest absolute Gasteiger partial charge is 0.221 e. The molecule has 0 saturated heterocycles. The molecule has 0 amide bonds. The van der Waals surface area contributed by atoms with E-state index in [2.05, 4.69) is 16.0 Å². The van der Waals surface area contributed by atoms with Gasteiger partial charge in [-0.25, -0.2) is 14.4 Å². The van der Waals surface area contributed by atoms with E-state index in [1.54, 1.807) is 12.1 Å². The average molecular weight is 276 g/mol. The lowest BCUT2D eigenvalue weighted by atomic mass is 9.99. The molecule has 0 spiro atoms. The molecule has 0 fully saturated rings. The molecule has 1 aromatic carbocycles. The summed E-state index contributed by atoms with van der Waals surface area (Å²) in [7, 11) is 0. The van der Waals surface area contributed by atoms with Crippen molar-refractivity contribution in [2.75, 3.05) is 0 Å². The quantitative estimate of drug-likeness (QED) is 0.780. The third-order valence-corrected chi connectivity index (χ3v) is 2.84. The summed E-state index contributed by atoms with van der Waals surface area (Å²) < 4.78 is 13.3. The van der Waals surface area contributed by atoms with Crippen LogP contribution in [-0.2, 0) is 0 Å². The minimum atomic E-state index is -0.387. The van der Waals surface area contributed by atoms with Crippen molar-refractivity contribution in [2.24, 2.45) is 0 Å². The second kappa shape index (κ2) is 5.33. The zero-order valence-corrected chi connectivity index (χ0v) is 11.2. The normalized spacial score (nSPS) is 10.5. The second-order valence-corrected chi connectivity index (χ2v) is 4.72. The molecule has 96 valence electrons. The Hall–Kier alpha value is -1.99. The van der Waals surface area contributed by atoms with Crippen LogP contribution in [-0.4, -0.2) is 9.97 Å². The molecule has 0 bridgehead atoms. The van der Waals surface area contributed by atoms with Gasteiger partial charge in [-0.1, -0.05) is 26.0 Å². The highest BCUT2D eigenvalue weighted by atomic mass is 35.5. The maximum Gasteiger partial charge on any atom is 0.223 e. The Balaban J connectivity index is 2.73. The van der Waals surface area contributed by atoms with Crippen molar-refractivity contribution in [3.05, 3.63) is 46.6 Å². The third kappa shape index (κ3) is 2.72. The van der Waals surface area contributed by atoms with E-state index < -0.39 is 0 Å². The van der Waals surface area contributed by atoms with Crippen molar-refractivity contribution in [1.82, 2.24) is 9.97 Å². The topological polar surface area (TPSA) is 49.6 Å². The zero-order chi connectivity index (χ0) is 14.0. The van der Waals surface area contributed by atoms with E-state index in [0.717, 1.165) is 0 Å². The van der Waals surface area contributed by atoms with Crippen LogP contribution in [0.3, 0.4) is 0 Å². The zero-order valence-electron chi connectivity index (χ0n) is 10.5. The highest BCUT2D eigenvalue weighted by molar-refractivity contribution is 6.28. The Kier molecular flexibility index (Phi) is 3.77. The van der Waals surface area contributed by atoms with Gasteiger partial charge in [0.05, 0.1) is 11.4 Å². The summed E-state index contributed by atoms with van der Waals surface area (Å²) in [5, 5.41) is 9.36. The van der Waals surface area contributed by atoms with Gasteiger partial charge in [0.25, 0.3) is 0 Å². The Morgan fingerprint density at radius 3 is 2.63 bits per heavy atom. The van der Waals surface area contributed by atoms with Gasteiger partial charge in [0.2, 0.25) is 5.28 Å². The van der Waals surface area contributed by atoms with Crippen LogP contribution in [0.4, 0.5) is 4.39 Å². The largest absolute Gasteiger partial charge is 0.223 e. The third-order valence-electron chi connectivity index (χ3n) is 2.67. The van der Waals surface area contributed by atoms with Crippen LogP contribution in [0.15, 0.2) is 24.3 Å². The molecular formula is C14H11ClFN3. The number of hydrogen-bond donors (Lipinski definition) is 0. The van der Waals surface area contributed by atoms with E-state index in [1.165, 1.54) is 12.1 Å². The Morgan fingerprint density at radius 1 is 1.32 bits per heavy atom. The lowest BCUT2D eigenvalue weighted by Crippen LogP contribution is -2.03. The summed E-state index contributed by atoms with van der Waals surface area (Å²) in [6, 6.07) is 8.00. The molecule has 5 heteroatoms. The van der Waals surface area contributed by atoms with Crippen molar-refractivity contribution in [3.8, 4) is 17.3 Å². The molecule has 1 aromatic heterocycles. The summed E-state index contributed by atoms with van der Waals surface area (Å²) in [6.45, 7) is 3.82. The fourth-order valence-corrected chi connectivity index (χ4v) is 2.00. The second-order valence-electron chi connectivity index (χ2n) is 4.38. The standard InChI is InChI=1S/C14H11ClFN3/c1-8(2)12-11(7-17)13(19-14(15)18-12)9-4-3-5-10(16)6-9/h3-6,8H,1-2H3. The Labute approximate surface area is 115 Å². The van der Waals surface area contributed by atoms with Crippen molar-refractivity contribution in [1.29, 1.82) is 5.26 Å². The molecule has 0 aliphatic rings. The number of benzene rings is 1. The molecule has 2 rings (SSSR count). The Morgan fingerprint density at radius 2 is 2.05 bits per heavy atom. The van der Waals surface area contributed by atoms with Gasteiger partial charge in [-0.05, 0) is 29.7 Å². The number of nitrogens with zero attached hydrogens (tertiary/aromatic N) is 3. The number of nitriles is 1. The van der Waals surface area contributed by atoms with Crippen LogP contribution < -0.4 is 0 Å². The van der Waals surface area contributed by atoms with Gasteiger partial charge in [-0.15, -0.1) is 0 Å². The van der Waals surface area contributed by atoms with Crippen LogP contribution in [0.2, 0.25) is 5.28 Å². The average Bonchev–Trinajstić information content (AvgIpc) is 2.37. The van der Waals surface area contributed by atoms with E-state index in [0.29, 0.717) is 22.5 Å². The van der Waals surface area contributed by atoms with E-state index >= 15 is 0 Å². The minimum Gasteiger partial charge on any atom is -0.221 e. The van der Waals surface area contributed by atoms with E-state index in [1.807, 2.05) is 13.8 Å². The molecule has 1 heterocycles. The van der Waals surface area contributed by atoms with Crippen molar-refractivity contribution < 1.29 is 4.39 Å². The highest BCUT2D eigenvalue weighted by Crippen LogP contribution is 2.28. The molecular weight excluding hydrogens is 265 g/mol. The summed E-state index contributed by atoms with van der Waals surface area (Å²) in [6.07, 6.45) is 0. The fraction of sp³-hybridized carbons (Fsp3) is 0.214. The molecule has 0 atom stereocenters. The summed E-state index contributed by atoms with van der Waals surface area (Å²) in [5.74, 6) is -0.357. The first-order valence-electron chi connectivity index (χ1n) is 5.76. The molecule has 3 nitrogen and oxygen atoms in total. The highest BCUT2D eigenvalue weighted by Gasteiger charge is 2.17. The molecule has 0 aliphatic heterocycles. The molecule has 0 aliphatic carbocycles. The van der Waals surface area contributed by atoms with Crippen LogP contribution >= 0.6 is 11.6 Å². The van der Waals surface area contributed by atoms with Gasteiger partial charge in [0, 0.05) is 5.56 Å². The van der Waals surface area contributed by atoms with Gasteiger partial charge in [-0.2, -0.15) is 5.26 Å². The van der Waals surface area contributed by atoms with Crippen LogP contribution in [0.1, 0.15) is 31.0 Å². The monoisotopic (exact) mass is 275 g/mol. The first-order chi connectivity index (χ1) is 9.02. The predicted octanol–water partition coefficient (Wildman–Crippen LogP) is 3.93. The maximum atomic E-state index is 13.3. The fourth-order valence-electron chi connectivity index (χ4n) is 1.82. The number of aromatic nitrogens is 2. The van der Waals surface area contributed by atoms with Crippen LogP contribution in [0.25, 0.3) is 11.3 Å². The molecule has 0 N–H and O–H groups in total. The summed E-state index contributed by atoms with van der Waals surface area (Å²) >= 11 is 5.89. The Bertz CT molecular complexity index is 662. The van der Waals surface area contributed by atoms with Crippen molar-refractivity contribution in [2.45, 2.75) is 19.8 Å².